The average Bonchev–Trinajstić information content (AvgIpc) is 3.34. The Bertz CT molecular complexity index is 775. The predicted molar refractivity (Wildman–Crippen MR) is 124 cm³/mol. The molecule has 9 heteroatoms. The van der Waals surface area contributed by atoms with Crippen molar-refractivity contribution < 1.29 is 9.21 Å². The third kappa shape index (κ3) is 6.79. The van der Waals surface area contributed by atoms with Crippen LogP contribution < -0.4 is 16.0 Å². The minimum absolute atomic E-state index is 0. The van der Waals surface area contributed by atoms with Crippen LogP contribution in [0, 0.1) is 5.92 Å². The highest BCUT2D eigenvalue weighted by Gasteiger charge is 2.26. The summed E-state index contributed by atoms with van der Waals surface area (Å²) < 4.78 is 5.23. The first-order valence-corrected chi connectivity index (χ1v) is 9.37. The monoisotopic (exact) mass is 462 g/mol. The van der Waals surface area contributed by atoms with Crippen molar-refractivity contribution in [3.63, 3.8) is 0 Å². The van der Waals surface area contributed by atoms with Gasteiger partial charge in [0.25, 0.3) is 5.91 Å². The second kappa shape index (κ2) is 11.7. The Morgan fingerprint density at radius 3 is 2.45 bits per heavy atom. The molecular weight excluding hydrogens is 435 g/mol. The van der Waals surface area contributed by atoms with Crippen molar-refractivity contribution >= 4 is 54.5 Å². The summed E-state index contributed by atoms with van der Waals surface area (Å²) in [7, 11) is 0. The van der Waals surface area contributed by atoms with Crippen LogP contribution in [0.25, 0.3) is 0 Å². The Labute approximate surface area is 190 Å². The number of anilines is 2. The number of furan rings is 1. The first kappa shape index (κ1) is 25.6. The topological polar surface area (TPSA) is 74.7 Å². The number of nitrogens with two attached hydrogens (primary N) is 1. The van der Waals surface area contributed by atoms with E-state index in [0.29, 0.717) is 11.3 Å². The summed E-state index contributed by atoms with van der Waals surface area (Å²) in [6, 6.07) is 9.73. The molecule has 1 aliphatic carbocycles. The van der Waals surface area contributed by atoms with E-state index in [1.807, 2.05) is 18.2 Å². The average molecular weight is 464 g/mol. The van der Waals surface area contributed by atoms with Crippen LogP contribution in [0.1, 0.15) is 29.0 Å². The van der Waals surface area contributed by atoms with E-state index in [2.05, 4.69) is 21.2 Å². The van der Waals surface area contributed by atoms with E-state index in [0.717, 1.165) is 43.5 Å². The molecule has 2 aliphatic rings. The third-order valence-electron chi connectivity index (χ3n) is 5.17. The number of nitrogens with zero attached hydrogens (tertiary/aromatic N) is 2. The van der Waals surface area contributed by atoms with Crippen molar-refractivity contribution in [1.29, 1.82) is 0 Å². The van der Waals surface area contributed by atoms with Crippen LogP contribution in [0.2, 0.25) is 0 Å². The van der Waals surface area contributed by atoms with Crippen LogP contribution in [-0.4, -0.2) is 43.5 Å². The second-order valence-electron chi connectivity index (χ2n) is 7.24. The maximum absolute atomic E-state index is 12.4. The molecule has 0 bridgehead atoms. The summed E-state index contributed by atoms with van der Waals surface area (Å²) >= 11 is 0. The van der Waals surface area contributed by atoms with Gasteiger partial charge >= 0.3 is 0 Å². The number of rotatable bonds is 6. The van der Waals surface area contributed by atoms with Gasteiger partial charge in [0.15, 0.2) is 0 Å². The molecule has 0 radical (unpaired) electrons. The highest BCUT2D eigenvalue weighted by molar-refractivity contribution is 6.04. The van der Waals surface area contributed by atoms with Gasteiger partial charge in [-0.1, -0.05) is 6.07 Å². The molecule has 2 aromatic rings. The Morgan fingerprint density at radius 1 is 1.10 bits per heavy atom. The van der Waals surface area contributed by atoms with Crippen LogP contribution in [0.3, 0.4) is 0 Å². The number of carbonyl (C=O) groups is 1. The molecular formula is C20H29Cl3N4O2. The zero-order valence-corrected chi connectivity index (χ0v) is 18.7. The summed E-state index contributed by atoms with van der Waals surface area (Å²) in [5, 5.41) is 2.94. The van der Waals surface area contributed by atoms with Crippen molar-refractivity contribution in [2.24, 2.45) is 11.7 Å². The van der Waals surface area contributed by atoms with E-state index < -0.39 is 0 Å². The Balaban J connectivity index is 0.00000140. The highest BCUT2D eigenvalue weighted by atomic mass is 35.5. The molecule has 0 atom stereocenters. The van der Waals surface area contributed by atoms with E-state index in [9.17, 15) is 4.79 Å². The Kier molecular flexibility index (Phi) is 10.3. The van der Waals surface area contributed by atoms with Crippen LogP contribution in [0.5, 0.6) is 0 Å². The van der Waals surface area contributed by atoms with E-state index in [-0.39, 0.29) is 49.7 Å². The van der Waals surface area contributed by atoms with Crippen molar-refractivity contribution in [2.75, 3.05) is 42.9 Å². The fourth-order valence-corrected chi connectivity index (χ4v) is 3.44. The SMILES string of the molecule is Cl.Cl.Cl.NCc1cc(C(=O)Nc2cccc(N3CCN(CC4CC4)CC3)c2)co1. The van der Waals surface area contributed by atoms with Gasteiger partial charge in [-0.15, -0.1) is 37.2 Å². The number of hydrogen-bond acceptors (Lipinski definition) is 5. The van der Waals surface area contributed by atoms with Crippen LogP contribution >= 0.6 is 37.2 Å². The normalized spacial score (nSPS) is 16.2. The lowest BCUT2D eigenvalue weighted by Crippen LogP contribution is -2.47. The molecule has 0 unspecified atom stereocenters. The molecule has 2 heterocycles. The molecule has 29 heavy (non-hydrogen) atoms. The molecule has 3 N–H and O–H groups in total. The van der Waals surface area contributed by atoms with Gasteiger partial charge in [0, 0.05) is 44.1 Å². The summed E-state index contributed by atoms with van der Waals surface area (Å²) in [4.78, 5) is 17.3. The van der Waals surface area contributed by atoms with Gasteiger partial charge < -0.3 is 20.4 Å². The molecule has 2 fully saturated rings. The third-order valence-corrected chi connectivity index (χ3v) is 5.17. The lowest BCUT2D eigenvalue weighted by atomic mass is 10.2. The van der Waals surface area contributed by atoms with Gasteiger partial charge in [-0.25, -0.2) is 0 Å². The summed E-state index contributed by atoms with van der Waals surface area (Å²) in [6.07, 6.45) is 4.26. The predicted octanol–water partition coefficient (Wildman–Crippen LogP) is 3.79. The van der Waals surface area contributed by atoms with Gasteiger partial charge in [-0.05, 0) is 43.0 Å². The van der Waals surface area contributed by atoms with Gasteiger partial charge in [0.1, 0.15) is 12.0 Å². The molecule has 1 aromatic heterocycles. The zero-order valence-electron chi connectivity index (χ0n) is 16.2. The van der Waals surface area contributed by atoms with Crippen molar-refractivity contribution in [2.45, 2.75) is 19.4 Å². The van der Waals surface area contributed by atoms with Crippen LogP contribution in [0.4, 0.5) is 11.4 Å². The number of carbonyl (C=O) groups excluding carboxylic acids is 1. The van der Waals surface area contributed by atoms with Gasteiger partial charge in [0.2, 0.25) is 0 Å². The lowest BCUT2D eigenvalue weighted by Gasteiger charge is -2.36. The van der Waals surface area contributed by atoms with E-state index in [4.69, 9.17) is 10.2 Å². The van der Waals surface area contributed by atoms with Gasteiger partial charge in [0.05, 0.1) is 12.1 Å². The fourth-order valence-electron chi connectivity index (χ4n) is 3.44. The minimum Gasteiger partial charge on any atom is -0.467 e. The number of piperazine rings is 1. The maximum atomic E-state index is 12.4. The number of hydrogen-bond donors (Lipinski definition) is 2. The number of halogens is 3. The molecule has 1 saturated heterocycles. The van der Waals surface area contributed by atoms with E-state index in [1.54, 1.807) is 6.07 Å². The highest BCUT2D eigenvalue weighted by Crippen LogP contribution is 2.30. The Morgan fingerprint density at radius 2 is 1.83 bits per heavy atom. The van der Waals surface area contributed by atoms with Crippen molar-refractivity contribution in [1.82, 2.24) is 4.90 Å². The molecule has 4 rings (SSSR count). The molecule has 1 saturated carbocycles. The van der Waals surface area contributed by atoms with Crippen LogP contribution in [0.15, 0.2) is 41.0 Å². The molecule has 6 nitrogen and oxygen atoms in total. The number of benzene rings is 1. The minimum atomic E-state index is -0.181. The smallest absolute Gasteiger partial charge is 0.258 e. The van der Waals surface area contributed by atoms with Crippen molar-refractivity contribution in [3.8, 4) is 0 Å². The zero-order chi connectivity index (χ0) is 17.9. The quantitative estimate of drug-likeness (QED) is 0.682. The van der Waals surface area contributed by atoms with E-state index in [1.165, 1.54) is 25.6 Å². The second-order valence-corrected chi connectivity index (χ2v) is 7.24. The summed E-state index contributed by atoms with van der Waals surface area (Å²) in [5.74, 6) is 1.37. The van der Waals surface area contributed by atoms with Crippen LogP contribution in [-0.2, 0) is 6.54 Å². The first-order valence-electron chi connectivity index (χ1n) is 9.37. The van der Waals surface area contributed by atoms with Crippen molar-refractivity contribution in [3.05, 3.63) is 47.9 Å². The molecule has 1 aliphatic heterocycles. The lowest BCUT2D eigenvalue weighted by molar-refractivity contribution is 0.102. The largest absolute Gasteiger partial charge is 0.467 e. The number of nitrogens with one attached hydrogen (secondary N) is 1. The van der Waals surface area contributed by atoms with E-state index >= 15 is 0 Å². The molecule has 1 aromatic carbocycles. The van der Waals surface area contributed by atoms with Gasteiger partial charge in [-0.2, -0.15) is 0 Å². The molecule has 162 valence electrons. The Hall–Kier alpha value is -1.44. The number of amides is 1. The summed E-state index contributed by atoms with van der Waals surface area (Å²) in [5.41, 5.74) is 7.96. The summed E-state index contributed by atoms with van der Waals surface area (Å²) in [6.45, 7) is 5.85. The first-order chi connectivity index (χ1) is 12.7. The standard InChI is InChI=1S/C20H26N4O2.3ClH/c21-12-19-10-16(14-26-19)20(25)22-17-2-1-3-18(11-17)24-8-6-23(7-9-24)13-15-4-5-15;;;/h1-3,10-11,14-15H,4-9,12-13,21H2,(H,22,25);3*1H. The molecule has 0 spiro atoms. The maximum Gasteiger partial charge on any atom is 0.258 e. The fraction of sp³-hybridized carbons (Fsp3) is 0.450. The molecule has 1 amide bonds. The van der Waals surface area contributed by atoms with Gasteiger partial charge in [-0.3, -0.25) is 9.69 Å².